The summed E-state index contributed by atoms with van der Waals surface area (Å²) in [5.74, 6) is 1.18. The smallest absolute Gasteiger partial charge is 0.186 e. The van der Waals surface area contributed by atoms with Crippen molar-refractivity contribution in [3.8, 4) is 11.5 Å². The highest BCUT2D eigenvalue weighted by Gasteiger charge is 2.16. The molecule has 76 valence electrons. The molecule has 2 rings (SSSR count). The van der Waals surface area contributed by atoms with E-state index in [0.717, 1.165) is 5.56 Å². The van der Waals surface area contributed by atoms with Crippen LogP contribution in [0.15, 0.2) is 17.0 Å². The number of fused-ring (bicyclic) bond motifs is 1. The van der Waals surface area contributed by atoms with Crippen LogP contribution < -0.4 is 9.47 Å². The topological polar surface area (TPSA) is 55.8 Å². The maximum Gasteiger partial charge on any atom is 0.186 e. The lowest BCUT2D eigenvalue weighted by Crippen LogP contribution is -2.15. The first kappa shape index (κ1) is 9.48. The van der Waals surface area contributed by atoms with E-state index >= 15 is 0 Å². The Morgan fingerprint density at radius 3 is 2.43 bits per heavy atom. The van der Waals surface area contributed by atoms with Crippen molar-refractivity contribution in [2.45, 2.75) is 11.8 Å². The third-order valence-electron chi connectivity index (χ3n) is 2.03. The Morgan fingerprint density at radius 1 is 1.29 bits per heavy atom. The zero-order valence-electron chi connectivity index (χ0n) is 7.65. The highest BCUT2D eigenvalue weighted by molar-refractivity contribution is 7.79. The summed E-state index contributed by atoms with van der Waals surface area (Å²) in [6.45, 7) is 2.77. The van der Waals surface area contributed by atoms with Gasteiger partial charge in [-0.15, -0.1) is 0 Å². The molecule has 0 amide bonds. The van der Waals surface area contributed by atoms with Crippen molar-refractivity contribution in [1.82, 2.24) is 0 Å². The van der Waals surface area contributed by atoms with E-state index in [1.54, 1.807) is 19.1 Å². The first-order valence-electron chi connectivity index (χ1n) is 4.19. The van der Waals surface area contributed by atoms with Gasteiger partial charge in [-0.05, 0) is 18.6 Å². The number of ether oxygens (including phenoxy) is 2. The zero-order chi connectivity index (χ0) is 10.1. The molecule has 1 N–H and O–H groups in total. The lowest BCUT2D eigenvalue weighted by atomic mass is 10.2. The Hall–Kier alpha value is -1.07. The molecular weight excluding hydrogens is 204 g/mol. The van der Waals surface area contributed by atoms with Crippen LogP contribution in [0.5, 0.6) is 11.5 Å². The molecule has 0 aromatic heterocycles. The van der Waals surface area contributed by atoms with Gasteiger partial charge < -0.3 is 14.0 Å². The van der Waals surface area contributed by atoms with Gasteiger partial charge in [-0.3, -0.25) is 0 Å². The molecule has 14 heavy (non-hydrogen) atoms. The molecule has 0 saturated heterocycles. The van der Waals surface area contributed by atoms with Crippen LogP contribution in [-0.4, -0.2) is 22.0 Å². The van der Waals surface area contributed by atoms with Crippen molar-refractivity contribution >= 4 is 11.1 Å². The molecule has 0 bridgehead atoms. The minimum absolute atomic E-state index is 0.370. The standard InChI is InChI=1S/C9H10O4S/c1-6-4-7-8(13-3-2-12-7)5-9(6)14(10)11/h4-5H,2-3H2,1H3,(H,10,11). The Labute approximate surface area is 84.1 Å². The van der Waals surface area contributed by atoms with Crippen molar-refractivity contribution < 1.29 is 18.2 Å². The highest BCUT2D eigenvalue weighted by Crippen LogP contribution is 2.33. The Balaban J connectivity index is 2.50. The van der Waals surface area contributed by atoms with Crippen molar-refractivity contribution in [2.24, 2.45) is 0 Å². The summed E-state index contributed by atoms with van der Waals surface area (Å²) in [6, 6.07) is 3.28. The molecule has 1 unspecified atom stereocenters. The molecule has 0 aliphatic carbocycles. The molecule has 1 aromatic carbocycles. The maximum atomic E-state index is 10.9. The van der Waals surface area contributed by atoms with Gasteiger partial charge in [0, 0.05) is 6.07 Å². The van der Waals surface area contributed by atoms with Crippen LogP contribution in [0.4, 0.5) is 0 Å². The minimum atomic E-state index is -1.97. The summed E-state index contributed by atoms with van der Waals surface area (Å²) in [4.78, 5) is 0.370. The molecule has 0 radical (unpaired) electrons. The number of aryl methyl sites for hydroxylation is 1. The van der Waals surface area contributed by atoms with Gasteiger partial charge in [0.1, 0.15) is 13.2 Å². The predicted octanol–water partition coefficient (Wildman–Crippen LogP) is 1.35. The fraction of sp³-hybridized carbons (Fsp3) is 0.333. The van der Waals surface area contributed by atoms with E-state index in [4.69, 9.17) is 14.0 Å². The molecular formula is C9H10O4S. The molecule has 1 aliphatic rings. The SMILES string of the molecule is Cc1cc2c(cc1S(=O)O)OCCO2. The van der Waals surface area contributed by atoms with Gasteiger partial charge in [0.2, 0.25) is 0 Å². The van der Waals surface area contributed by atoms with E-state index in [0.29, 0.717) is 29.6 Å². The van der Waals surface area contributed by atoms with E-state index in [1.165, 1.54) is 0 Å². The van der Waals surface area contributed by atoms with Crippen molar-refractivity contribution in [1.29, 1.82) is 0 Å². The fourth-order valence-electron chi connectivity index (χ4n) is 1.36. The third kappa shape index (κ3) is 1.60. The molecule has 1 aromatic rings. The number of benzene rings is 1. The fourth-order valence-corrected chi connectivity index (χ4v) is 1.90. The Kier molecular flexibility index (Phi) is 2.43. The van der Waals surface area contributed by atoms with E-state index in [2.05, 4.69) is 0 Å². The monoisotopic (exact) mass is 214 g/mol. The lowest BCUT2D eigenvalue weighted by Gasteiger charge is -2.19. The van der Waals surface area contributed by atoms with Crippen molar-refractivity contribution in [3.05, 3.63) is 17.7 Å². The molecule has 1 aliphatic heterocycles. The minimum Gasteiger partial charge on any atom is -0.486 e. The highest BCUT2D eigenvalue weighted by atomic mass is 32.2. The predicted molar refractivity (Wildman–Crippen MR) is 51.2 cm³/mol. The average molecular weight is 214 g/mol. The van der Waals surface area contributed by atoms with Gasteiger partial charge in [0.15, 0.2) is 22.6 Å². The van der Waals surface area contributed by atoms with E-state index in [1.807, 2.05) is 0 Å². The van der Waals surface area contributed by atoms with Crippen LogP contribution in [0.25, 0.3) is 0 Å². The molecule has 5 heteroatoms. The molecule has 0 spiro atoms. The first-order valence-corrected chi connectivity index (χ1v) is 5.30. The quantitative estimate of drug-likeness (QED) is 0.717. The Bertz CT molecular complexity index is 389. The van der Waals surface area contributed by atoms with Crippen LogP contribution in [0.1, 0.15) is 5.56 Å². The largest absolute Gasteiger partial charge is 0.486 e. The van der Waals surface area contributed by atoms with E-state index in [9.17, 15) is 4.21 Å². The van der Waals surface area contributed by atoms with Gasteiger partial charge >= 0.3 is 0 Å². The normalized spacial score (nSPS) is 16.4. The van der Waals surface area contributed by atoms with E-state index < -0.39 is 11.1 Å². The molecule has 4 nitrogen and oxygen atoms in total. The summed E-state index contributed by atoms with van der Waals surface area (Å²) in [7, 11) is 0. The second-order valence-electron chi connectivity index (χ2n) is 3.01. The van der Waals surface area contributed by atoms with Crippen LogP contribution in [-0.2, 0) is 11.1 Å². The third-order valence-corrected chi connectivity index (χ3v) is 2.84. The number of hydrogen-bond donors (Lipinski definition) is 1. The average Bonchev–Trinajstić information content (AvgIpc) is 2.16. The van der Waals surface area contributed by atoms with Gasteiger partial charge in [-0.1, -0.05) is 0 Å². The van der Waals surface area contributed by atoms with Crippen LogP contribution in [0, 0.1) is 6.92 Å². The zero-order valence-corrected chi connectivity index (χ0v) is 8.47. The maximum absolute atomic E-state index is 10.9. The van der Waals surface area contributed by atoms with Crippen LogP contribution in [0.3, 0.4) is 0 Å². The number of hydrogen-bond acceptors (Lipinski definition) is 3. The molecule has 0 fully saturated rings. The Morgan fingerprint density at radius 2 is 1.86 bits per heavy atom. The summed E-state index contributed by atoms with van der Waals surface area (Å²) in [5.41, 5.74) is 0.732. The van der Waals surface area contributed by atoms with Crippen molar-refractivity contribution in [3.63, 3.8) is 0 Å². The first-order chi connectivity index (χ1) is 6.68. The lowest BCUT2D eigenvalue weighted by molar-refractivity contribution is 0.171. The number of rotatable bonds is 1. The van der Waals surface area contributed by atoms with Crippen molar-refractivity contribution in [2.75, 3.05) is 13.2 Å². The molecule has 1 atom stereocenters. The second kappa shape index (κ2) is 3.59. The summed E-state index contributed by atoms with van der Waals surface area (Å²) >= 11 is -1.97. The second-order valence-corrected chi connectivity index (χ2v) is 3.95. The van der Waals surface area contributed by atoms with Gasteiger partial charge in [-0.2, -0.15) is 0 Å². The molecule has 0 saturated carbocycles. The van der Waals surface area contributed by atoms with Crippen LogP contribution >= 0.6 is 0 Å². The summed E-state index contributed by atoms with van der Waals surface area (Å²) < 4.78 is 30.5. The van der Waals surface area contributed by atoms with E-state index in [-0.39, 0.29) is 0 Å². The van der Waals surface area contributed by atoms with Gasteiger partial charge in [0.25, 0.3) is 0 Å². The summed E-state index contributed by atoms with van der Waals surface area (Å²) in [5, 5.41) is 0. The van der Waals surface area contributed by atoms with Gasteiger partial charge in [-0.25, -0.2) is 4.21 Å². The van der Waals surface area contributed by atoms with Gasteiger partial charge in [0.05, 0.1) is 4.90 Å². The van der Waals surface area contributed by atoms with Crippen LogP contribution in [0.2, 0.25) is 0 Å². The molecule has 1 heterocycles. The summed E-state index contributed by atoms with van der Waals surface area (Å²) in [6.07, 6.45) is 0.